The molecule has 0 aliphatic rings. The molecular weight excluding hydrogens is 402 g/mol. The van der Waals surface area contributed by atoms with E-state index in [4.69, 9.17) is 9.26 Å². The number of nitrogens with zero attached hydrogens (tertiary/aromatic N) is 3. The highest BCUT2D eigenvalue weighted by Gasteiger charge is 2.24. The maximum absolute atomic E-state index is 13.4. The zero-order valence-electron chi connectivity index (χ0n) is 18.1. The van der Waals surface area contributed by atoms with E-state index in [2.05, 4.69) is 10.1 Å². The van der Waals surface area contributed by atoms with E-state index < -0.39 is 0 Å². The average molecular weight is 428 g/mol. The van der Waals surface area contributed by atoms with Gasteiger partial charge in [-0.2, -0.15) is 4.98 Å². The highest BCUT2D eigenvalue weighted by molar-refractivity contribution is 5.94. The molecule has 1 unspecified atom stereocenters. The Hall–Kier alpha value is -3.93. The Morgan fingerprint density at radius 1 is 0.969 bits per heavy atom. The monoisotopic (exact) mass is 427 g/mol. The predicted octanol–water partition coefficient (Wildman–Crippen LogP) is 5.19. The molecule has 0 aliphatic heterocycles. The highest BCUT2D eigenvalue weighted by Crippen LogP contribution is 2.24. The van der Waals surface area contributed by atoms with Gasteiger partial charge in [0.25, 0.3) is 5.91 Å². The molecule has 0 saturated carbocycles. The molecule has 1 heterocycles. The summed E-state index contributed by atoms with van der Waals surface area (Å²) in [5, 5.41) is 4.09. The molecule has 1 amide bonds. The van der Waals surface area contributed by atoms with Gasteiger partial charge in [0.15, 0.2) is 0 Å². The lowest BCUT2D eigenvalue weighted by Crippen LogP contribution is -2.35. The van der Waals surface area contributed by atoms with E-state index >= 15 is 0 Å². The third-order valence-electron chi connectivity index (χ3n) is 5.41. The van der Waals surface area contributed by atoms with Crippen LogP contribution in [0.3, 0.4) is 0 Å². The maximum Gasteiger partial charge on any atom is 0.254 e. The fourth-order valence-corrected chi connectivity index (χ4v) is 3.56. The SMILES string of the molecule is COc1ccc(C(=O)N(CCc2nc(-c3ccccc3)no2)C(C)c2ccccc2)cc1. The van der Waals surface area contributed by atoms with E-state index in [1.54, 1.807) is 31.4 Å². The van der Waals surface area contributed by atoms with Gasteiger partial charge in [-0.15, -0.1) is 0 Å². The molecule has 0 spiro atoms. The van der Waals surface area contributed by atoms with Crippen molar-refractivity contribution in [2.45, 2.75) is 19.4 Å². The maximum atomic E-state index is 13.4. The van der Waals surface area contributed by atoms with Gasteiger partial charge in [-0.25, -0.2) is 0 Å². The summed E-state index contributed by atoms with van der Waals surface area (Å²) in [6.07, 6.45) is 0.457. The summed E-state index contributed by atoms with van der Waals surface area (Å²) in [6.45, 7) is 2.47. The van der Waals surface area contributed by atoms with Gasteiger partial charge in [0.2, 0.25) is 11.7 Å². The number of carbonyl (C=O) groups is 1. The minimum Gasteiger partial charge on any atom is -0.497 e. The molecular formula is C26H25N3O3. The van der Waals surface area contributed by atoms with Gasteiger partial charge in [0.05, 0.1) is 13.2 Å². The molecule has 4 aromatic rings. The fourth-order valence-electron chi connectivity index (χ4n) is 3.56. The van der Waals surface area contributed by atoms with Crippen LogP contribution in [0.2, 0.25) is 0 Å². The number of carbonyl (C=O) groups excluding carboxylic acids is 1. The molecule has 6 heteroatoms. The zero-order chi connectivity index (χ0) is 22.3. The molecule has 162 valence electrons. The number of rotatable bonds is 8. The Labute approximate surface area is 187 Å². The minimum atomic E-state index is -0.123. The smallest absolute Gasteiger partial charge is 0.254 e. The van der Waals surface area contributed by atoms with Crippen LogP contribution in [0.25, 0.3) is 11.4 Å². The van der Waals surface area contributed by atoms with Gasteiger partial charge in [-0.05, 0) is 36.8 Å². The van der Waals surface area contributed by atoms with Gasteiger partial charge < -0.3 is 14.2 Å². The van der Waals surface area contributed by atoms with Crippen molar-refractivity contribution in [2.75, 3.05) is 13.7 Å². The molecule has 32 heavy (non-hydrogen) atoms. The largest absolute Gasteiger partial charge is 0.497 e. The second-order valence-electron chi connectivity index (χ2n) is 7.44. The molecule has 0 bridgehead atoms. The van der Waals surface area contributed by atoms with Gasteiger partial charge in [-0.1, -0.05) is 65.8 Å². The first kappa shape index (κ1) is 21.3. The number of hydrogen-bond donors (Lipinski definition) is 0. The second kappa shape index (κ2) is 9.92. The zero-order valence-corrected chi connectivity index (χ0v) is 18.1. The van der Waals surface area contributed by atoms with Gasteiger partial charge >= 0.3 is 0 Å². The van der Waals surface area contributed by atoms with Crippen molar-refractivity contribution in [1.29, 1.82) is 0 Å². The van der Waals surface area contributed by atoms with E-state index in [1.165, 1.54) is 0 Å². The standard InChI is InChI=1S/C26H25N3O3/c1-19(20-9-5-3-6-10-20)29(26(30)22-13-15-23(31-2)16-14-22)18-17-24-27-25(28-32-24)21-11-7-4-8-12-21/h3-16,19H,17-18H2,1-2H3. The van der Waals surface area contributed by atoms with E-state index in [9.17, 15) is 4.79 Å². The van der Waals surface area contributed by atoms with Crippen LogP contribution in [0.15, 0.2) is 89.5 Å². The molecule has 1 atom stereocenters. The van der Waals surface area contributed by atoms with Crippen molar-refractivity contribution < 1.29 is 14.1 Å². The number of benzene rings is 3. The van der Waals surface area contributed by atoms with Gasteiger partial charge in [0, 0.05) is 24.1 Å². The van der Waals surface area contributed by atoms with Crippen LogP contribution in [-0.4, -0.2) is 34.6 Å². The molecule has 0 saturated heterocycles. The normalized spacial score (nSPS) is 11.7. The van der Waals surface area contributed by atoms with Crippen molar-refractivity contribution in [1.82, 2.24) is 15.0 Å². The van der Waals surface area contributed by atoms with Crippen LogP contribution >= 0.6 is 0 Å². The molecule has 0 N–H and O–H groups in total. The fraction of sp³-hybridized carbons (Fsp3) is 0.192. The van der Waals surface area contributed by atoms with E-state index in [0.29, 0.717) is 36.0 Å². The first-order chi connectivity index (χ1) is 15.7. The van der Waals surface area contributed by atoms with E-state index in [0.717, 1.165) is 11.1 Å². The third kappa shape index (κ3) is 4.86. The number of methoxy groups -OCH3 is 1. The van der Waals surface area contributed by atoms with E-state index in [1.807, 2.05) is 72.5 Å². The predicted molar refractivity (Wildman–Crippen MR) is 122 cm³/mol. The number of hydrogen-bond acceptors (Lipinski definition) is 5. The Balaban J connectivity index is 1.55. The van der Waals surface area contributed by atoms with Crippen molar-refractivity contribution in [2.24, 2.45) is 0 Å². The molecule has 1 aromatic heterocycles. The Morgan fingerprint density at radius 3 is 2.28 bits per heavy atom. The lowest BCUT2D eigenvalue weighted by molar-refractivity contribution is 0.0689. The van der Waals surface area contributed by atoms with Crippen LogP contribution < -0.4 is 4.74 Å². The van der Waals surface area contributed by atoms with Gasteiger partial charge in [0.1, 0.15) is 5.75 Å². The average Bonchev–Trinajstić information content (AvgIpc) is 3.34. The Bertz CT molecular complexity index is 1140. The molecule has 0 radical (unpaired) electrons. The Morgan fingerprint density at radius 2 is 1.62 bits per heavy atom. The number of aromatic nitrogens is 2. The van der Waals surface area contributed by atoms with Crippen molar-refractivity contribution in [3.05, 3.63) is 102 Å². The first-order valence-corrected chi connectivity index (χ1v) is 10.5. The first-order valence-electron chi connectivity index (χ1n) is 10.5. The minimum absolute atomic E-state index is 0.0631. The molecule has 0 fully saturated rings. The van der Waals surface area contributed by atoms with Crippen LogP contribution in [0.1, 0.15) is 34.8 Å². The van der Waals surface area contributed by atoms with Crippen molar-refractivity contribution in [3.8, 4) is 17.1 Å². The molecule has 4 rings (SSSR count). The topological polar surface area (TPSA) is 68.5 Å². The summed E-state index contributed by atoms with van der Waals surface area (Å²) >= 11 is 0. The molecule has 3 aromatic carbocycles. The summed E-state index contributed by atoms with van der Waals surface area (Å²) in [5.41, 5.74) is 2.56. The van der Waals surface area contributed by atoms with E-state index in [-0.39, 0.29) is 11.9 Å². The lowest BCUT2D eigenvalue weighted by atomic mass is 10.0. The van der Waals surface area contributed by atoms with Crippen molar-refractivity contribution in [3.63, 3.8) is 0 Å². The summed E-state index contributed by atoms with van der Waals surface area (Å²) in [6, 6.07) is 26.7. The Kier molecular flexibility index (Phi) is 6.60. The van der Waals surface area contributed by atoms with Crippen LogP contribution in [0.4, 0.5) is 0 Å². The summed E-state index contributed by atoms with van der Waals surface area (Å²) in [7, 11) is 1.61. The second-order valence-corrected chi connectivity index (χ2v) is 7.44. The third-order valence-corrected chi connectivity index (χ3v) is 5.41. The quantitative estimate of drug-likeness (QED) is 0.387. The number of amides is 1. The summed E-state index contributed by atoms with van der Waals surface area (Å²) in [5.74, 6) is 1.69. The molecule has 0 aliphatic carbocycles. The highest BCUT2D eigenvalue weighted by atomic mass is 16.5. The number of ether oxygens (including phenoxy) is 1. The lowest BCUT2D eigenvalue weighted by Gasteiger charge is -2.29. The van der Waals surface area contributed by atoms with Crippen LogP contribution in [-0.2, 0) is 6.42 Å². The van der Waals surface area contributed by atoms with Crippen molar-refractivity contribution >= 4 is 5.91 Å². The summed E-state index contributed by atoms with van der Waals surface area (Å²) in [4.78, 5) is 19.8. The van der Waals surface area contributed by atoms with Crippen LogP contribution in [0, 0.1) is 0 Å². The summed E-state index contributed by atoms with van der Waals surface area (Å²) < 4.78 is 10.7. The molecule has 6 nitrogen and oxygen atoms in total. The van der Waals surface area contributed by atoms with Gasteiger partial charge in [-0.3, -0.25) is 4.79 Å². The van der Waals surface area contributed by atoms with Crippen LogP contribution in [0.5, 0.6) is 5.75 Å².